The second-order valence-electron chi connectivity index (χ2n) is 7.12. The highest BCUT2D eigenvalue weighted by atomic mass is 35.5. The van der Waals surface area contributed by atoms with E-state index < -0.39 is 5.82 Å². The molecule has 3 saturated heterocycles. The van der Waals surface area contributed by atoms with Crippen LogP contribution in [0.25, 0.3) is 10.8 Å². The number of ether oxygens (including phenoxy) is 1. The van der Waals surface area contributed by atoms with Crippen LogP contribution in [0.15, 0.2) is 48.7 Å². The second kappa shape index (κ2) is 6.72. The molecule has 28 heavy (non-hydrogen) atoms. The molecule has 1 amide bonds. The number of benzene rings is 2. The van der Waals surface area contributed by atoms with Gasteiger partial charge in [-0.3, -0.25) is 4.79 Å². The standard InChI is InChI=1S/C21H17ClFN3O2/c22-17-6-3-7-18(19(17)23)25-20-15-5-2-1-4-14(15)16(9-24-20)21(27)26-10-12-8-13(11-26)28-12/h1-7,9,12-13H,8,10-11H2,(H,24,25). The molecule has 1 N–H and O–H groups in total. The highest BCUT2D eigenvalue weighted by Gasteiger charge is 2.40. The van der Waals surface area contributed by atoms with E-state index in [4.69, 9.17) is 16.3 Å². The first-order valence-corrected chi connectivity index (χ1v) is 9.51. The van der Waals surface area contributed by atoms with Crippen molar-refractivity contribution >= 4 is 39.8 Å². The Bertz CT molecular complexity index is 1070. The lowest BCUT2D eigenvalue weighted by Gasteiger charge is -2.47. The summed E-state index contributed by atoms with van der Waals surface area (Å²) in [6.45, 7) is 1.22. The number of carbonyl (C=O) groups excluding carboxylic acids is 1. The number of hydrogen-bond acceptors (Lipinski definition) is 4. The monoisotopic (exact) mass is 397 g/mol. The van der Waals surface area contributed by atoms with E-state index in [1.165, 1.54) is 6.07 Å². The summed E-state index contributed by atoms with van der Waals surface area (Å²) < 4.78 is 19.9. The molecular formula is C21H17ClFN3O2. The van der Waals surface area contributed by atoms with E-state index in [-0.39, 0.29) is 28.8 Å². The van der Waals surface area contributed by atoms with Crippen molar-refractivity contribution in [3.8, 4) is 0 Å². The van der Waals surface area contributed by atoms with Crippen LogP contribution in [0.2, 0.25) is 5.02 Å². The van der Waals surface area contributed by atoms with E-state index >= 15 is 0 Å². The zero-order chi connectivity index (χ0) is 19.3. The average Bonchev–Trinajstić information content (AvgIpc) is 2.71. The number of aromatic nitrogens is 1. The molecule has 0 saturated carbocycles. The fourth-order valence-electron chi connectivity index (χ4n) is 3.88. The van der Waals surface area contributed by atoms with Crippen LogP contribution < -0.4 is 5.32 Å². The molecule has 2 bridgehead atoms. The molecule has 3 aromatic rings. The lowest BCUT2D eigenvalue weighted by atomic mass is 9.97. The van der Waals surface area contributed by atoms with Crippen molar-refractivity contribution in [1.29, 1.82) is 0 Å². The molecule has 3 aliphatic heterocycles. The Hall–Kier alpha value is -2.70. The zero-order valence-electron chi connectivity index (χ0n) is 14.9. The fourth-order valence-corrected chi connectivity index (χ4v) is 4.06. The number of hydrogen-bond donors (Lipinski definition) is 1. The summed E-state index contributed by atoms with van der Waals surface area (Å²) in [6.07, 6.45) is 2.87. The SMILES string of the molecule is O=C(c1cnc(Nc2cccc(Cl)c2F)c2ccccc12)N1CC2CC(C1)O2. The zero-order valence-corrected chi connectivity index (χ0v) is 15.6. The van der Waals surface area contributed by atoms with E-state index in [2.05, 4.69) is 10.3 Å². The molecule has 0 aliphatic carbocycles. The van der Waals surface area contributed by atoms with E-state index in [0.29, 0.717) is 24.5 Å². The van der Waals surface area contributed by atoms with Gasteiger partial charge < -0.3 is 15.0 Å². The van der Waals surface area contributed by atoms with Gasteiger partial charge in [0.2, 0.25) is 0 Å². The predicted octanol–water partition coefficient (Wildman–Crippen LogP) is 4.38. The van der Waals surface area contributed by atoms with Crippen LogP contribution in [0.5, 0.6) is 0 Å². The second-order valence-corrected chi connectivity index (χ2v) is 7.53. The predicted molar refractivity (Wildman–Crippen MR) is 106 cm³/mol. The lowest BCUT2D eigenvalue weighted by molar-refractivity contribution is -0.171. The van der Waals surface area contributed by atoms with Gasteiger partial charge in [0, 0.05) is 31.1 Å². The number of nitrogens with zero attached hydrogens (tertiary/aromatic N) is 2. The minimum absolute atomic E-state index is 0.0342. The normalized spacial score (nSPS) is 20.7. The first-order valence-electron chi connectivity index (χ1n) is 9.13. The molecule has 142 valence electrons. The summed E-state index contributed by atoms with van der Waals surface area (Å²) in [5.74, 6) is -0.122. The van der Waals surface area contributed by atoms with Gasteiger partial charge in [-0.1, -0.05) is 41.9 Å². The van der Waals surface area contributed by atoms with Gasteiger partial charge in [0.15, 0.2) is 5.82 Å². The molecule has 2 aromatic carbocycles. The molecule has 5 nitrogen and oxygen atoms in total. The summed E-state index contributed by atoms with van der Waals surface area (Å²) in [5, 5.41) is 4.55. The minimum Gasteiger partial charge on any atom is -0.371 e. The molecule has 2 unspecified atom stereocenters. The number of anilines is 2. The maximum Gasteiger partial charge on any atom is 0.256 e. The number of amides is 1. The van der Waals surface area contributed by atoms with Gasteiger partial charge in [-0.2, -0.15) is 0 Å². The number of nitrogens with one attached hydrogen (secondary N) is 1. The van der Waals surface area contributed by atoms with Gasteiger partial charge in [0.05, 0.1) is 28.5 Å². The number of rotatable bonds is 3. The maximum atomic E-state index is 14.3. The Morgan fingerprint density at radius 1 is 1.14 bits per heavy atom. The van der Waals surface area contributed by atoms with Gasteiger partial charge in [-0.25, -0.2) is 9.37 Å². The van der Waals surface area contributed by atoms with E-state index in [0.717, 1.165) is 17.2 Å². The highest BCUT2D eigenvalue weighted by molar-refractivity contribution is 6.31. The van der Waals surface area contributed by atoms with Gasteiger partial charge in [0.25, 0.3) is 5.91 Å². The fraction of sp³-hybridized carbons (Fsp3) is 0.238. The number of morpholine rings is 1. The van der Waals surface area contributed by atoms with Crippen molar-refractivity contribution in [3.05, 3.63) is 65.1 Å². The Kier molecular flexibility index (Phi) is 4.18. The Labute approximate surface area is 166 Å². The summed E-state index contributed by atoms with van der Waals surface area (Å²) in [7, 11) is 0. The van der Waals surface area contributed by atoms with Crippen LogP contribution in [-0.2, 0) is 4.74 Å². The van der Waals surface area contributed by atoms with Crippen LogP contribution in [-0.4, -0.2) is 41.1 Å². The first-order chi connectivity index (χ1) is 13.6. The van der Waals surface area contributed by atoms with Gasteiger partial charge in [-0.15, -0.1) is 0 Å². The molecule has 3 fully saturated rings. The highest BCUT2D eigenvalue weighted by Crippen LogP contribution is 2.32. The molecule has 0 spiro atoms. The van der Waals surface area contributed by atoms with Crippen LogP contribution in [0.1, 0.15) is 16.8 Å². The third-order valence-electron chi connectivity index (χ3n) is 5.28. The third-order valence-corrected chi connectivity index (χ3v) is 5.57. The number of fused-ring (bicyclic) bond motifs is 3. The lowest BCUT2D eigenvalue weighted by Crippen LogP contribution is -2.58. The minimum atomic E-state index is -0.539. The van der Waals surface area contributed by atoms with Crippen molar-refractivity contribution in [2.24, 2.45) is 0 Å². The largest absolute Gasteiger partial charge is 0.371 e. The number of piperidine rings is 1. The number of carbonyl (C=O) groups is 1. The molecule has 7 heteroatoms. The Balaban J connectivity index is 1.52. The smallest absolute Gasteiger partial charge is 0.256 e. The molecular weight excluding hydrogens is 381 g/mol. The Morgan fingerprint density at radius 3 is 2.61 bits per heavy atom. The van der Waals surface area contributed by atoms with Crippen LogP contribution >= 0.6 is 11.6 Å². The van der Waals surface area contributed by atoms with Crippen LogP contribution in [0.3, 0.4) is 0 Å². The molecule has 0 radical (unpaired) electrons. The maximum absolute atomic E-state index is 14.3. The summed E-state index contributed by atoms with van der Waals surface area (Å²) in [6, 6.07) is 12.2. The third kappa shape index (κ3) is 2.89. The Morgan fingerprint density at radius 2 is 1.86 bits per heavy atom. The average molecular weight is 398 g/mol. The van der Waals surface area contributed by atoms with Crippen molar-refractivity contribution in [2.75, 3.05) is 18.4 Å². The van der Waals surface area contributed by atoms with Gasteiger partial charge in [-0.05, 0) is 17.5 Å². The summed E-state index contributed by atoms with van der Waals surface area (Å²) in [5.41, 5.74) is 0.770. The van der Waals surface area contributed by atoms with Crippen molar-refractivity contribution in [3.63, 3.8) is 0 Å². The van der Waals surface area contributed by atoms with Crippen LogP contribution in [0, 0.1) is 5.82 Å². The van der Waals surface area contributed by atoms with E-state index in [1.807, 2.05) is 29.2 Å². The van der Waals surface area contributed by atoms with Crippen molar-refractivity contribution in [1.82, 2.24) is 9.88 Å². The summed E-state index contributed by atoms with van der Waals surface area (Å²) in [4.78, 5) is 19.3. The molecule has 6 rings (SSSR count). The molecule has 1 aromatic heterocycles. The van der Waals surface area contributed by atoms with E-state index in [1.54, 1.807) is 18.3 Å². The first kappa shape index (κ1) is 17.4. The number of halogens is 2. The molecule has 3 aliphatic rings. The summed E-state index contributed by atoms with van der Waals surface area (Å²) >= 11 is 5.87. The van der Waals surface area contributed by atoms with Gasteiger partial charge >= 0.3 is 0 Å². The van der Waals surface area contributed by atoms with Crippen molar-refractivity contribution in [2.45, 2.75) is 18.6 Å². The topological polar surface area (TPSA) is 54.5 Å². The quantitative estimate of drug-likeness (QED) is 0.712. The van der Waals surface area contributed by atoms with Gasteiger partial charge in [0.1, 0.15) is 5.82 Å². The number of pyridine rings is 1. The van der Waals surface area contributed by atoms with Crippen LogP contribution in [0.4, 0.5) is 15.9 Å². The van der Waals surface area contributed by atoms with Crippen molar-refractivity contribution < 1.29 is 13.9 Å². The van der Waals surface area contributed by atoms with E-state index in [9.17, 15) is 9.18 Å². The molecule has 2 atom stereocenters. The molecule has 4 heterocycles.